The largest absolute Gasteiger partial charge is 0.280 e. The summed E-state index contributed by atoms with van der Waals surface area (Å²) in [6.45, 7) is 0. The van der Waals surface area contributed by atoms with Crippen LogP contribution in [0.1, 0.15) is 15.9 Å². The summed E-state index contributed by atoms with van der Waals surface area (Å²) in [5.74, 6) is -0.842. The van der Waals surface area contributed by atoms with Crippen molar-refractivity contribution in [1.82, 2.24) is 15.2 Å². The van der Waals surface area contributed by atoms with Crippen LogP contribution in [0, 0.1) is 5.82 Å². The Morgan fingerprint density at radius 1 is 0.846 bits per heavy atom. The number of rotatable bonds is 8. The number of amides is 1. The fraction of sp³-hybridized carbons (Fsp3) is 0. The van der Waals surface area contributed by atoms with Gasteiger partial charge in [0, 0.05) is 28.6 Å². The number of halogens is 1. The van der Waals surface area contributed by atoms with E-state index in [0.717, 1.165) is 5.69 Å². The lowest BCUT2D eigenvalue weighted by Crippen LogP contribution is -2.18. The van der Waals surface area contributed by atoms with Gasteiger partial charge in [0.15, 0.2) is 0 Å². The molecule has 1 amide bonds. The molecule has 194 valence electrons. The molecule has 8 nitrogen and oxygen atoms in total. The first-order chi connectivity index (χ1) is 18.9. The third-order valence-electron chi connectivity index (χ3n) is 5.70. The summed E-state index contributed by atoms with van der Waals surface area (Å²) in [5.41, 5.74) is 5.76. The van der Waals surface area contributed by atoms with Crippen molar-refractivity contribution < 1.29 is 17.6 Å². The van der Waals surface area contributed by atoms with Gasteiger partial charge in [-0.3, -0.25) is 9.52 Å². The molecule has 0 saturated carbocycles. The van der Waals surface area contributed by atoms with Gasteiger partial charge in [0.05, 0.1) is 16.8 Å². The molecule has 0 atom stereocenters. The topological polar surface area (TPSA) is 105 Å². The zero-order chi connectivity index (χ0) is 27.2. The number of aromatic nitrogens is 2. The number of para-hydroxylation sites is 1. The fourth-order valence-corrected chi connectivity index (χ4v) is 4.83. The number of nitrogens with one attached hydrogen (secondary N) is 2. The minimum absolute atomic E-state index is 0.136. The number of nitrogens with zero attached hydrogens (tertiary/aromatic N) is 3. The van der Waals surface area contributed by atoms with E-state index in [9.17, 15) is 17.6 Å². The number of sulfonamides is 1. The number of hydrazone groups is 1. The van der Waals surface area contributed by atoms with E-state index in [2.05, 4.69) is 20.3 Å². The smallest absolute Gasteiger partial charge is 0.271 e. The first-order valence-electron chi connectivity index (χ1n) is 11.8. The van der Waals surface area contributed by atoms with Crippen LogP contribution in [0.3, 0.4) is 0 Å². The van der Waals surface area contributed by atoms with Gasteiger partial charge >= 0.3 is 0 Å². The summed E-state index contributed by atoms with van der Waals surface area (Å²) in [7, 11) is -3.74. The van der Waals surface area contributed by atoms with Crippen molar-refractivity contribution >= 4 is 27.8 Å². The number of anilines is 1. The molecule has 5 rings (SSSR count). The van der Waals surface area contributed by atoms with E-state index < -0.39 is 15.9 Å². The van der Waals surface area contributed by atoms with Crippen molar-refractivity contribution in [2.45, 2.75) is 4.90 Å². The van der Waals surface area contributed by atoms with Gasteiger partial charge in [-0.15, -0.1) is 0 Å². The van der Waals surface area contributed by atoms with E-state index in [0.29, 0.717) is 22.5 Å². The quantitative estimate of drug-likeness (QED) is 0.208. The van der Waals surface area contributed by atoms with Crippen LogP contribution in [-0.2, 0) is 10.0 Å². The lowest BCUT2D eigenvalue weighted by molar-refractivity contribution is 0.0955. The summed E-state index contributed by atoms with van der Waals surface area (Å²) in [5, 5.41) is 8.72. The van der Waals surface area contributed by atoms with Gasteiger partial charge in [0.25, 0.3) is 15.9 Å². The lowest BCUT2D eigenvalue weighted by atomic mass is 10.1. The number of carbonyl (C=O) groups is 1. The molecule has 4 aromatic carbocycles. The van der Waals surface area contributed by atoms with Crippen molar-refractivity contribution in [3.8, 4) is 16.9 Å². The van der Waals surface area contributed by atoms with Gasteiger partial charge in [0.1, 0.15) is 11.5 Å². The number of carbonyl (C=O) groups excluding carboxylic acids is 1. The van der Waals surface area contributed by atoms with Crippen molar-refractivity contribution in [3.63, 3.8) is 0 Å². The van der Waals surface area contributed by atoms with Crippen molar-refractivity contribution in [2.24, 2.45) is 5.10 Å². The molecule has 2 N–H and O–H groups in total. The molecule has 1 heterocycles. The summed E-state index contributed by atoms with van der Waals surface area (Å²) in [6, 6.07) is 29.4. The molecule has 0 aliphatic heterocycles. The molecule has 0 bridgehead atoms. The van der Waals surface area contributed by atoms with E-state index >= 15 is 0 Å². The van der Waals surface area contributed by atoms with Crippen molar-refractivity contribution in [3.05, 3.63) is 132 Å². The van der Waals surface area contributed by atoms with Gasteiger partial charge < -0.3 is 0 Å². The Kier molecular flexibility index (Phi) is 7.28. The van der Waals surface area contributed by atoms with Gasteiger partial charge in [-0.2, -0.15) is 10.2 Å². The number of benzene rings is 4. The maximum Gasteiger partial charge on any atom is 0.271 e. The Hall–Kier alpha value is -5.09. The van der Waals surface area contributed by atoms with Crippen LogP contribution in [0.4, 0.5) is 10.1 Å². The maximum absolute atomic E-state index is 13.5. The number of hydrogen-bond acceptors (Lipinski definition) is 5. The molecule has 10 heteroatoms. The molecule has 1 aromatic heterocycles. The van der Waals surface area contributed by atoms with Crippen LogP contribution in [0.2, 0.25) is 0 Å². The highest BCUT2D eigenvalue weighted by molar-refractivity contribution is 7.92. The molecule has 5 aromatic rings. The molecule has 0 fully saturated rings. The highest BCUT2D eigenvalue weighted by Gasteiger charge is 2.14. The second-order valence-corrected chi connectivity index (χ2v) is 10.1. The maximum atomic E-state index is 13.5. The molecular weight excluding hydrogens is 517 g/mol. The van der Waals surface area contributed by atoms with E-state index in [1.807, 2.05) is 30.3 Å². The van der Waals surface area contributed by atoms with Crippen molar-refractivity contribution in [1.29, 1.82) is 0 Å². The third kappa shape index (κ3) is 6.08. The summed E-state index contributed by atoms with van der Waals surface area (Å²) in [4.78, 5) is 12.8. The Morgan fingerprint density at radius 3 is 2.15 bits per heavy atom. The standard InChI is InChI=1S/C29H22FN5O3S/c30-24-15-11-21(12-16-24)28-23(20-35(33-28)26-7-3-1-4-8-26)19-31-32-29(36)22-13-17-25(18-14-22)34-39(37,38)27-9-5-2-6-10-27/h1-20,34H,(H,32,36)/b31-19+. The van der Waals surface area contributed by atoms with Crippen LogP contribution in [0.25, 0.3) is 16.9 Å². The number of hydrogen-bond donors (Lipinski definition) is 2. The van der Waals surface area contributed by atoms with Crippen LogP contribution in [-0.4, -0.2) is 30.3 Å². The van der Waals surface area contributed by atoms with Crippen LogP contribution < -0.4 is 10.1 Å². The minimum Gasteiger partial charge on any atom is -0.280 e. The SMILES string of the molecule is O=C(N/N=C/c1cn(-c2ccccc2)nc1-c1ccc(F)cc1)c1ccc(NS(=O)(=O)c2ccccc2)cc1. The molecule has 0 unspecified atom stereocenters. The molecule has 39 heavy (non-hydrogen) atoms. The van der Waals surface area contributed by atoms with E-state index in [1.165, 1.54) is 54.7 Å². The fourth-order valence-electron chi connectivity index (χ4n) is 3.76. The van der Waals surface area contributed by atoms with E-state index in [-0.39, 0.29) is 16.3 Å². The highest BCUT2D eigenvalue weighted by atomic mass is 32.2. The first kappa shape index (κ1) is 25.6. The zero-order valence-electron chi connectivity index (χ0n) is 20.4. The predicted octanol–water partition coefficient (Wildman–Crippen LogP) is 5.24. The molecule has 0 aliphatic carbocycles. The molecule has 0 spiro atoms. The summed E-state index contributed by atoms with van der Waals surface area (Å²) < 4.78 is 42.6. The predicted molar refractivity (Wildman–Crippen MR) is 148 cm³/mol. The zero-order valence-corrected chi connectivity index (χ0v) is 21.2. The van der Waals surface area contributed by atoms with Crippen molar-refractivity contribution in [2.75, 3.05) is 4.72 Å². The average molecular weight is 540 g/mol. The molecule has 0 saturated heterocycles. The second kappa shape index (κ2) is 11.1. The molecular formula is C29H22FN5O3S. The summed E-state index contributed by atoms with van der Waals surface area (Å²) >= 11 is 0. The Balaban J connectivity index is 1.31. The Labute approximate surface area is 224 Å². The summed E-state index contributed by atoms with van der Waals surface area (Å²) in [6.07, 6.45) is 3.22. The minimum atomic E-state index is -3.74. The Bertz CT molecular complexity index is 1720. The molecule has 0 radical (unpaired) electrons. The third-order valence-corrected chi connectivity index (χ3v) is 7.10. The highest BCUT2D eigenvalue weighted by Crippen LogP contribution is 2.23. The van der Waals surface area contributed by atoms with Gasteiger partial charge in [-0.05, 0) is 72.8 Å². The van der Waals surface area contributed by atoms with Gasteiger partial charge in [0.2, 0.25) is 0 Å². The van der Waals surface area contributed by atoms with E-state index in [1.54, 1.807) is 41.2 Å². The van der Waals surface area contributed by atoms with Crippen LogP contribution in [0.5, 0.6) is 0 Å². The van der Waals surface area contributed by atoms with E-state index in [4.69, 9.17) is 0 Å². The second-order valence-electron chi connectivity index (χ2n) is 8.42. The Morgan fingerprint density at radius 2 is 1.49 bits per heavy atom. The normalized spacial score (nSPS) is 11.4. The monoisotopic (exact) mass is 539 g/mol. The lowest BCUT2D eigenvalue weighted by Gasteiger charge is -2.08. The van der Waals surface area contributed by atoms with Gasteiger partial charge in [-0.1, -0.05) is 36.4 Å². The van der Waals surface area contributed by atoms with Crippen LogP contribution >= 0.6 is 0 Å². The molecule has 0 aliphatic rings. The average Bonchev–Trinajstić information content (AvgIpc) is 3.39. The van der Waals surface area contributed by atoms with Gasteiger partial charge in [-0.25, -0.2) is 22.9 Å². The van der Waals surface area contributed by atoms with Crippen LogP contribution in [0.15, 0.2) is 125 Å². The first-order valence-corrected chi connectivity index (χ1v) is 13.3.